The number of esters is 2. The van der Waals surface area contributed by atoms with Crippen molar-refractivity contribution in [2.45, 2.75) is 19.3 Å². The van der Waals surface area contributed by atoms with Gasteiger partial charge in [0.2, 0.25) is 19.3 Å². The molecule has 34 heavy (non-hydrogen) atoms. The summed E-state index contributed by atoms with van der Waals surface area (Å²) in [5.74, 6) is -6.57. The number of hydrogen-bond acceptors (Lipinski definition) is 11. The summed E-state index contributed by atoms with van der Waals surface area (Å²) in [4.78, 5) is 29.0. The molecule has 0 bridgehead atoms. The third-order valence-electron chi connectivity index (χ3n) is 3.76. The Balaban J connectivity index is 3.26. The van der Waals surface area contributed by atoms with Gasteiger partial charge >= 0.3 is 27.1 Å². The molecule has 0 fully saturated rings. The Morgan fingerprint density at radius 3 is 1.26 bits per heavy atom. The molecule has 11 nitrogen and oxygen atoms in total. The third kappa shape index (κ3) is 8.07. The second-order valence-electron chi connectivity index (χ2n) is 5.82. The first-order chi connectivity index (χ1) is 15.5. The van der Waals surface area contributed by atoms with Crippen LogP contribution in [0.5, 0.6) is 0 Å². The fourth-order valence-electron chi connectivity index (χ4n) is 2.14. The molecule has 0 saturated heterocycles. The van der Waals surface area contributed by atoms with E-state index in [4.69, 9.17) is 97.2 Å². The van der Waals surface area contributed by atoms with Crippen LogP contribution >= 0.6 is 84.8 Å². The van der Waals surface area contributed by atoms with E-state index in [-0.39, 0.29) is 0 Å². The first kappa shape index (κ1) is 32.2. The predicted molar refractivity (Wildman–Crippen MR) is 126 cm³/mol. The maximum Gasteiger partial charge on any atom is 0.374 e. The molecule has 194 valence electrons. The lowest BCUT2D eigenvalue weighted by atomic mass is 10.3. The lowest BCUT2D eigenvalue weighted by Gasteiger charge is -2.29. The van der Waals surface area contributed by atoms with E-state index in [1.165, 1.54) is 6.07 Å². The minimum atomic E-state index is -4.24. The van der Waals surface area contributed by atoms with Crippen molar-refractivity contribution < 1.29 is 46.3 Å². The Morgan fingerprint density at radius 1 is 0.735 bits per heavy atom. The number of hydrogen-bond donors (Lipinski definition) is 0. The number of aromatic nitrogens is 1. The molecule has 1 aromatic heterocycles. The molecule has 2 unspecified atom stereocenters. The molecular formula is C15H17Cl6NO10P2. The van der Waals surface area contributed by atoms with Crippen LogP contribution in [0.4, 0.5) is 0 Å². The Bertz CT molecular complexity index is 896. The van der Waals surface area contributed by atoms with E-state index < -0.39 is 57.8 Å². The van der Waals surface area contributed by atoms with Crippen molar-refractivity contribution in [3.8, 4) is 0 Å². The Hall–Kier alpha value is 0.130. The van der Waals surface area contributed by atoms with Gasteiger partial charge in [0.25, 0.3) is 0 Å². The monoisotopic (exact) mass is 643 g/mol. The summed E-state index contributed by atoms with van der Waals surface area (Å²) in [6.45, 7) is 0. The minimum absolute atomic E-state index is 0.514. The number of ether oxygens (including phenoxy) is 2. The van der Waals surface area contributed by atoms with E-state index in [1.807, 2.05) is 0 Å². The number of carbonyl (C=O) groups is 2. The summed E-state index contributed by atoms with van der Waals surface area (Å²) in [7, 11) is -4.56. The molecule has 2 atom stereocenters. The molecule has 0 N–H and O–H groups in total. The van der Waals surface area contributed by atoms with Crippen LogP contribution in [0.2, 0.25) is 0 Å². The summed E-state index contributed by atoms with van der Waals surface area (Å²) in [5, 5.41) is 0. The molecule has 0 spiro atoms. The van der Waals surface area contributed by atoms with Crippen molar-refractivity contribution in [2.75, 3.05) is 28.4 Å². The zero-order chi connectivity index (χ0) is 26.5. The molecule has 1 aromatic rings. The number of nitrogens with zero attached hydrogens (tertiary/aromatic N) is 1. The molecule has 0 aliphatic heterocycles. The topological polar surface area (TPSA) is 137 Å². The average Bonchev–Trinajstić information content (AvgIpc) is 2.78. The van der Waals surface area contributed by atoms with E-state index in [9.17, 15) is 18.7 Å². The van der Waals surface area contributed by atoms with Crippen LogP contribution < -0.4 is 0 Å². The summed E-state index contributed by atoms with van der Waals surface area (Å²) in [6.07, 6.45) is 0. The van der Waals surface area contributed by atoms with Crippen molar-refractivity contribution in [1.29, 1.82) is 0 Å². The Kier molecular flexibility index (Phi) is 11.9. The zero-order valence-electron chi connectivity index (χ0n) is 17.6. The maximum atomic E-state index is 12.6. The molecule has 1 heterocycles. The highest BCUT2D eigenvalue weighted by Crippen LogP contribution is 2.60. The van der Waals surface area contributed by atoms with Gasteiger partial charge in [-0.2, -0.15) is 0 Å². The smallest absolute Gasteiger partial charge is 0.374 e. The summed E-state index contributed by atoms with van der Waals surface area (Å²) < 4.78 is 49.3. The van der Waals surface area contributed by atoms with Gasteiger partial charge in [0.15, 0.2) is 0 Å². The largest absolute Gasteiger partial charge is 0.440 e. The minimum Gasteiger partial charge on any atom is -0.440 e. The SMILES string of the molecule is COP(=O)(OC)C(OC(=O)c1cccc(C(=O)OC(C(Cl)(Cl)Cl)P(=O)(OC)OC)n1)C(Cl)(Cl)Cl. The van der Waals surface area contributed by atoms with Gasteiger partial charge in [0.05, 0.1) is 0 Å². The van der Waals surface area contributed by atoms with Crippen LogP contribution in [0, 0.1) is 0 Å². The summed E-state index contributed by atoms with van der Waals surface area (Å²) >= 11 is 34.6. The van der Waals surface area contributed by atoms with Crippen molar-refractivity contribution in [1.82, 2.24) is 4.98 Å². The highest BCUT2D eigenvalue weighted by atomic mass is 35.6. The highest BCUT2D eigenvalue weighted by molar-refractivity contribution is 7.55. The van der Waals surface area contributed by atoms with Gasteiger partial charge in [-0.3, -0.25) is 9.13 Å². The molecular weight excluding hydrogens is 629 g/mol. The quantitative estimate of drug-likeness (QED) is 0.174. The summed E-state index contributed by atoms with van der Waals surface area (Å²) in [6, 6.07) is 3.43. The standard InChI is InChI=1S/C15H17Cl6NO10P2/c1-27-33(25,28-2)12(14(16,17)18)31-10(23)8-6-5-7-9(22-8)11(24)32-13(15(19,20)21)34(26,29-3)30-4/h5-7,12-13H,1-4H3. The van der Waals surface area contributed by atoms with Gasteiger partial charge in [-0.1, -0.05) is 75.7 Å². The lowest BCUT2D eigenvalue weighted by Crippen LogP contribution is -2.33. The first-order valence-corrected chi connectivity index (χ1v) is 13.9. The van der Waals surface area contributed by atoms with E-state index in [0.29, 0.717) is 0 Å². The van der Waals surface area contributed by atoms with Gasteiger partial charge in [-0.05, 0) is 12.1 Å². The summed E-state index contributed by atoms with van der Waals surface area (Å²) in [5.41, 5.74) is -1.03. The fraction of sp³-hybridized carbons (Fsp3) is 0.533. The molecule has 0 aliphatic rings. The van der Waals surface area contributed by atoms with Gasteiger partial charge in [0.1, 0.15) is 11.4 Å². The van der Waals surface area contributed by atoms with Crippen LogP contribution in [-0.4, -0.2) is 64.6 Å². The Labute approximate surface area is 224 Å². The third-order valence-corrected chi connectivity index (χ3v) is 10.0. The second kappa shape index (κ2) is 12.6. The van der Waals surface area contributed by atoms with Crippen molar-refractivity contribution in [3.05, 3.63) is 29.6 Å². The van der Waals surface area contributed by atoms with E-state index in [0.717, 1.165) is 40.6 Å². The van der Waals surface area contributed by atoms with Gasteiger partial charge in [-0.25, -0.2) is 14.6 Å². The fourth-order valence-corrected chi connectivity index (χ4v) is 6.79. The molecule has 0 aromatic carbocycles. The number of rotatable bonds is 10. The van der Waals surface area contributed by atoms with Crippen LogP contribution in [0.15, 0.2) is 18.2 Å². The lowest BCUT2D eigenvalue weighted by molar-refractivity contribution is 0.0372. The number of halogens is 6. The first-order valence-electron chi connectivity index (χ1n) is 8.44. The van der Waals surface area contributed by atoms with Crippen molar-refractivity contribution in [3.63, 3.8) is 0 Å². The van der Waals surface area contributed by atoms with Crippen molar-refractivity contribution in [2.24, 2.45) is 0 Å². The van der Waals surface area contributed by atoms with Crippen LogP contribution in [0.1, 0.15) is 21.0 Å². The van der Waals surface area contributed by atoms with Crippen molar-refractivity contribution >= 4 is 96.7 Å². The molecule has 0 radical (unpaired) electrons. The van der Waals surface area contributed by atoms with Crippen LogP contribution in [0.25, 0.3) is 0 Å². The van der Waals surface area contributed by atoms with Crippen LogP contribution in [0.3, 0.4) is 0 Å². The molecule has 0 amide bonds. The van der Waals surface area contributed by atoms with E-state index in [2.05, 4.69) is 4.98 Å². The van der Waals surface area contributed by atoms with Gasteiger partial charge < -0.3 is 27.6 Å². The van der Waals surface area contributed by atoms with Crippen LogP contribution in [-0.2, 0) is 36.7 Å². The number of carbonyl (C=O) groups excluding carboxylic acids is 2. The second-order valence-corrected chi connectivity index (χ2v) is 15.1. The predicted octanol–water partition coefficient (Wildman–Crippen LogP) is 5.76. The van der Waals surface area contributed by atoms with E-state index >= 15 is 0 Å². The Morgan fingerprint density at radius 2 is 1.03 bits per heavy atom. The maximum absolute atomic E-state index is 12.6. The normalized spacial score (nSPS) is 14.9. The highest BCUT2D eigenvalue weighted by Gasteiger charge is 2.52. The van der Waals surface area contributed by atoms with Gasteiger partial charge in [-0.15, -0.1) is 0 Å². The van der Waals surface area contributed by atoms with Gasteiger partial charge in [0, 0.05) is 28.4 Å². The molecule has 1 rings (SSSR count). The average molecular weight is 646 g/mol. The zero-order valence-corrected chi connectivity index (χ0v) is 23.9. The molecule has 19 heteroatoms. The number of alkyl halides is 6. The number of pyridine rings is 1. The van der Waals surface area contributed by atoms with E-state index in [1.54, 1.807) is 0 Å². The molecule has 0 aliphatic carbocycles. The molecule has 0 saturated carbocycles.